The van der Waals surface area contributed by atoms with Gasteiger partial charge in [0.25, 0.3) is 11.5 Å². The van der Waals surface area contributed by atoms with Gasteiger partial charge in [0.1, 0.15) is 0 Å². The molecule has 0 radical (unpaired) electrons. The van der Waals surface area contributed by atoms with E-state index in [4.69, 9.17) is 11.6 Å². The number of hydrogen-bond acceptors (Lipinski definition) is 5. The number of aromatic amines is 1. The van der Waals surface area contributed by atoms with Crippen molar-refractivity contribution in [1.82, 2.24) is 30.2 Å². The normalized spacial score (nSPS) is 12.2. The molecule has 0 aliphatic heterocycles. The number of nitrogens with one attached hydrogen (secondary N) is 2. The summed E-state index contributed by atoms with van der Waals surface area (Å²) in [5, 5.41) is 14.3. The second kappa shape index (κ2) is 9.69. The lowest BCUT2D eigenvalue weighted by Gasteiger charge is -2.30. The van der Waals surface area contributed by atoms with Crippen LogP contribution >= 0.6 is 11.6 Å². The molecule has 3 rings (SSSR count). The van der Waals surface area contributed by atoms with Crippen molar-refractivity contribution < 1.29 is 4.79 Å². The van der Waals surface area contributed by atoms with Gasteiger partial charge in [-0.3, -0.25) is 14.5 Å². The van der Waals surface area contributed by atoms with Crippen LogP contribution in [0, 0.1) is 6.92 Å². The molecule has 8 nitrogen and oxygen atoms in total. The Morgan fingerprint density at radius 3 is 2.60 bits per heavy atom. The lowest BCUT2D eigenvalue weighted by Crippen LogP contribution is -2.38. The molecule has 1 aromatic carbocycles. The summed E-state index contributed by atoms with van der Waals surface area (Å²) in [5.41, 5.74) is 1.75. The third-order valence-electron chi connectivity index (χ3n) is 5.11. The monoisotopic (exact) mass is 428 g/mol. The number of rotatable bonds is 8. The average Bonchev–Trinajstić information content (AvgIpc) is 3.13. The van der Waals surface area contributed by atoms with Gasteiger partial charge in [-0.2, -0.15) is 10.2 Å². The van der Waals surface area contributed by atoms with Crippen LogP contribution in [0.1, 0.15) is 41.5 Å². The molecule has 3 aromatic rings. The van der Waals surface area contributed by atoms with Gasteiger partial charge in [0.15, 0.2) is 5.82 Å². The van der Waals surface area contributed by atoms with Gasteiger partial charge in [0.05, 0.1) is 23.5 Å². The van der Waals surface area contributed by atoms with Gasteiger partial charge in [-0.25, -0.2) is 9.78 Å². The summed E-state index contributed by atoms with van der Waals surface area (Å²) >= 11 is 6.43. The molecule has 30 heavy (non-hydrogen) atoms. The van der Waals surface area contributed by atoms with Gasteiger partial charge >= 0.3 is 0 Å². The molecule has 9 heteroatoms. The van der Waals surface area contributed by atoms with E-state index in [9.17, 15) is 9.59 Å². The first-order valence-corrected chi connectivity index (χ1v) is 10.2. The number of H-pyrrole nitrogens is 1. The molecule has 158 valence electrons. The number of nitrogens with zero attached hydrogens (tertiary/aromatic N) is 4. The van der Waals surface area contributed by atoms with E-state index in [2.05, 4.69) is 39.4 Å². The summed E-state index contributed by atoms with van der Waals surface area (Å²) in [4.78, 5) is 26.4. The molecular formula is C21H25ClN6O2. The highest BCUT2D eigenvalue weighted by atomic mass is 35.5. The van der Waals surface area contributed by atoms with Crippen molar-refractivity contribution >= 4 is 17.5 Å². The molecule has 1 atom stereocenters. The SMILES string of the molecule is CCN(CC)C(CNC(=O)c1cnn(-c2ccc(=O)[nH]n2)c1C)c1ccccc1Cl. The number of hydrogen-bond donors (Lipinski definition) is 2. The summed E-state index contributed by atoms with van der Waals surface area (Å²) in [7, 11) is 0. The fraction of sp³-hybridized carbons (Fsp3) is 0.333. The summed E-state index contributed by atoms with van der Waals surface area (Å²) in [6, 6.07) is 10.6. The van der Waals surface area contributed by atoms with E-state index in [1.54, 1.807) is 13.0 Å². The number of aromatic nitrogens is 4. The highest BCUT2D eigenvalue weighted by molar-refractivity contribution is 6.31. The Kier molecular flexibility index (Phi) is 7.02. The summed E-state index contributed by atoms with van der Waals surface area (Å²) in [6.07, 6.45) is 1.50. The standard InChI is InChI=1S/C21H25ClN6O2/c1-4-27(5-2)18(15-8-6-7-9-17(15)22)13-23-21(30)16-12-24-28(14(16)3)19-10-11-20(29)26-25-19/h6-12,18H,4-5,13H2,1-3H3,(H,23,30)(H,26,29). The second-order valence-corrected chi connectivity index (χ2v) is 7.21. The molecule has 0 aliphatic rings. The molecule has 2 aromatic heterocycles. The van der Waals surface area contributed by atoms with Crippen LogP contribution in [-0.2, 0) is 0 Å². The van der Waals surface area contributed by atoms with Crippen LogP contribution in [0.2, 0.25) is 5.02 Å². The minimum Gasteiger partial charge on any atom is -0.350 e. The quantitative estimate of drug-likeness (QED) is 0.575. The minimum absolute atomic E-state index is 0.0473. The Morgan fingerprint density at radius 1 is 1.23 bits per heavy atom. The van der Waals surface area contributed by atoms with E-state index in [0.717, 1.165) is 18.7 Å². The lowest BCUT2D eigenvalue weighted by molar-refractivity contribution is 0.0934. The summed E-state index contributed by atoms with van der Waals surface area (Å²) in [5.74, 6) is 0.204. The van der Waals surface area contributed by atoms with Crippen LogP contribution in [0.25, 0.3) is 5.82 Å². The van der Waals surface area contributed by atoms with Gasteiger partial charge in [0, 0.05) is 17.6 Å². The van der Waals surface area contributed by atoms with Crippen LogP contribution in [0.3, 0.4) is 0 Å². The zero-order chi connectivity index (χ0) is 21.7. The van der Waals surface area contributed by atoms with Gasteiger partial charge in [0.2, 0.25) is 0 Å². The number of likely N-dealkylation sites (N-methyl/N-ethyl adjacent to an activating group) is 1. The van der Waals surface area contributed by atoms with Crippen molar-refractivity contribution in [2.24, 2.45) is 0 Å². The average molecular weight is 429 g/mol. The first kappa shape index (κ1) is 21.7. The molecule has 0 bridgehead atoms. The van der Waals surface area contributed by atoms with Crippen molar-refractivity contribution in [3.8, 4) is 5.82 Å². The number of benzene rings is 1. The Bertz CT molecular complexity index is 1050. The van der Waals surface area contributed by atoms with Gasteiger partial charge in [-0.05, 0) is 37.7 Å². The predicted octanol–water partition coefficient (Wildman–Crippen LogP) is 2.73. The molecule has 0 fully saturated rings. The Labute approximate surface area is 179 Å². The maximum absolute atomic E-state index is 12.9. The molecule has 0 spiro atoms. The molecule has 0 saturated heterocycles. The maximum atomic E-state index is 12.9. The van der Waals surface area contributed by atoms with Gasteiger partial charge in [-0.1, -0.05) is 43.6 Å². The largest absolute Gasteiger partial charge is 0.350 e. The Hall–Kier alpha value is -2.97. The zero-order valence-corrected chi connectivity index (χ0v) is 18.0. The van der Waals surface area contributed by atoms with Crippen molar-refractivity contribution in [3.63, 3.8) is 0 Å². The van der Waals surface area contributed by atoms with Crippen molar-refractivity contribution in [2.45, 2.75) is 26.8 Å². The third kappa shape index (κ3) is 4.60. The fourth-order valence-electron chi connectivity index (χ4n) is 3.45. The van der Waals surface area contributed by atoms with E-state index in [1.165, 1.54) is 16.9 Å². The topological polar surface area (TPSA) is 95.9 Å². The van der Waals surface area contributed by atoms with Gasteiger partial charge in [-0.15, -0.1) is 0 Å². The highest BCUT2D eigenvalue weighted by Gasteiger charge is 2.22. The lowest BCUT2D eigenvalue weighted by atomic mass is 10.0. The second-order valence-electron chi connectivity index (χ2n) is 6.80. The molecule has 2 heterocycles. The van der Waals surface area contributed by atoms with Crippen LogP contribution < -0.4 is 10.9 Å². The van der Waals surface area contributed by atoms with E-state index < -0.39 is 0 Å². The Morgan fingerprint density at radius 2 is 1.97 bits per heavy atom. The van der Waals surface area contributed by atoms with Crippen LogP contribution in [-0.4, -0.2) is 50.4 Å². The Balaban J connectivity index is 1.80. The number of carbonyl (C=O) groups excluding carboxylic acids is 1. The molecule has 1 amide bonds. The summed E-state index contributed by atoms with van der Waals surface area (Å²) < 4.78 is 1.51. The van der Waals surface area contributed by atoms with Crippen LogP contribution in [0.15, 0.2) is 47.4 Å². The molecule has 1 unspecified atom stereocenters. The van der Waals surface area contributed by atoms with E-state index >= 15 is 0 Å². The number of amides is 1. The number of carbonyl (C=O) groups is 1. The van der Waals surface area contributed by atoms with Gasteiger partial charge < -0.3 is 5.32 Å². The summed E-state index contributed by atoms with van der Waals surface area (Å²) in [6.45, 7) is 8.02. The smallest absolute Gasteiger partial charge is 0.264 e. The van der Waals surface area contributed by atoms with Crippen molar-refractivity contribution in [3.05, 3.63) is 74.8 Å². The fourth-order valence-corrected chi connectivity index (χ4v) is 3.71. The van der Waals surface area contributed by atoms with Crippen LogP contribution in [0.5, 0.6) is 0 Å². The number of halogens is 1. The van der Waals surface area contributed by atoms with Crippen molar-refractivity contribution in [2.75, 3.05) is 19.6 Å². The minimum atomic E-state index is -0.302. The van der Waals surface area contributed by atoms with Crippen LogP contribution in [0.4, 0.5) is 0 Å². The zero-order valence-electron chi connectivity index (χ0n) is 17.2. The molecular weight excluding hydrogens is 404 g/mol. The van der Waals surface area contributed by atoms with E-state index in [1.807, 2.05) is 24.3 Å². The molecule has 2 N–H and O–H groups in total. The highest BCUT2D eigenvalue weighted by Crippen LogP contribution is 2.27. The predicted molar refractivity (Wildman–Crippen MR) is 116 cm³/mol. The molecule has 0 saturated carbocycles. The maximum Gasteiger partial charge on any atom is 0.264 e. The molecule has 0 aliphatic carbocycles. The van der Waals surface area contributed by atoms with E-state index in [-0.39, 0.29) is 17.5 Å². The third-order valence-corrected chi connectivity index (χ3v) is 5.45. The van der Waals surface area contributed by atoms with E-state index in [0.29, 0.717) is 28.6 Å². The van der Waals surface area contributed by atoms with Crippen molar-refractivity contribution in [1.29, 1.82) is 0 Å². The first-order chi connectivity index (χ1) is 14.5. The first-order valence-electron chi connectivity index (χ1n) is 9.83.